The lowest BCUT2D eigenvalue weighted by Crippen LogP contribution is -2.35. The molecule has 0 aromatic rings. The van der Waals surface area contributed by atoms with E-state index >= 15 is 0 Å². The van der Waals surface area contributed by atoms with Crippen LogP contribution in [-0.4, -0.2) is 18.5 Å². The molecule has 0 aliphatic heterocycles. The van der Waals surface area contributed by atoms with Gasteiger partial charge in [-0.3, -0.25) is 4.79 Å². The molecular weight excluding hydrogens is 140 g/mol. The van der Waals surface area contributed by atoms with Crippen molar-refractivity contribution in [1.82, 2.24) is 5.32 Å². The molecule has 0 aliphatic rings. The minimum atomic E-state index is -0.0972. The second-order valence-corrected chi connectivity index (χ2v) is 2.63. The SMILES string of the molecule is CC(C)NC(=O)CN.CCC. The molecule has 0 aromatic carbocycles. The molecular formula is C8H20N2O. The lowest BCUT2D eigenvalue weighted by atomic mass is 10.4. The van der Waals surface area contributed by atoms with Crippen molar-refractivity contribution in [2.24, 2.45) is 5.73 Å². The maximum Gasteiger partial charge on any atom is 0.233 e. The van der Waals surface area contributed by atoms with E-state index in [2.05, 4.69) is 19.2 Å². The average Bonchev–Trinajstić information content (AvgIpc) is 1.88. The second-order valence-electron chi connectivity index (χ2n) is 2.63. The number of hydrogen-bond donors (Lipinski definition) is 2. The van der Waals surface area contributed by atoms with Crippen LogP contribution in [0.4, 0.5) is 0 Å². The van der Waals surface area contributed by atoms with Gasteiger partial charge in [0.05, 0.1) is 6.54 Å². The third kappa shape index (κ3) is 17.7. The Kier molecular flexibility index (Phi) is 11.2. The highest BCUT2D eigenvalue weighted by atomic mass is 16.1. The van der Waals surface area contributed by atoms with E-state index in [-0.39, 0.29) is 18.5 Å². The fourth-order valence-corrected chi connectivity index (χ4v) is 0.381. The van der Waals surface area contributed by atoms with E-state index in [9.17, 15) is 4.79 Å². The van der Waals surface area contributed by atoms with Crippen molar-refractivity contribution >= 4 is 5.91 Å². The molecule has 0 rings (SSSR count). The average molecular weight is 160 g/mol. The zero-order chi connectivity index (χ0) is 9.28. The molecule has 0 radical (unpaired) electrons. The molecule has 0 aromatic heterocycles. The van der Waals surface area contributed by atoms with Crippen LogP contribution in [-0.2, 0) is 4.79 Å². The number of nitrogens with two attached hydrogens (primary N) is 1. The third-order valence-corrected chi connectivity index (χ3v) is 0.635. The number of carbonyl (C=O) groups is 1. The van der Waals surface area contributed by atoms with Crippen LogP contribution in [0.25, 0.3) is 0 Å². The molecule has 0 atom stereocenters. The molecule has 3 nitrogen and oxygen atoms in total. The third-order valence-electron chi connectivity index (χ3n) is 0.635. The Bertz CT molecular complexity index is 92.1. The summed E-state index contributed by atoms with van der Waals surface area (Å²) in [5.74, 6) is -0.0972. The van der Waals surface area contributed by atoms with Crippen LogP contribution < -0.4 is 11.1 Å². The highest BCUT2D eigenvalue weighted by Crippen LogP contribution is 1.73. The summed E-state index contributed by atoms with van der Waals surface area (Å²) in [6, 6.07) is 0.200. The van der Waals surface area contributed by atoms with Crippen molar-refractivity contribution in [3.8, 4) is 0 Å². The van der Waals surface area contributed by atoms with Gasteiger partial charge in [-0.05, 0) is 13.8 Å². The fraction of sp³-hybridized carbons (Fsp3) is 0.875. The first kappa shape index (κ1) is 13.1. The molecule has 68 valence electrons. The van der Waals surface area contributed by atoms with Gasteiger partial charge in [0.2, 0.25) is 5.91 Å². The summed E-state index contributed by atoms with van der Waals surface area (Å²) < 4.78 is 0. The molecule has 0 unspecified atom stereocenters. The lowest BCUT2D eigenvalue weighted by molar-refractivity contribution is -0.120. The lowest BCUT2D eigenvalue weighted by Gasteiger charge is -2.04. The van der Waals surface area contributed by atoms with Crippen LogP contribution in [0.1, 0.15) is 34.1 Å². The Morgan fingerprint density at radius 3 is 1.91 bits per heavy atom. The molecule has 3 N–H and O–H groups in total. The molecule has 0 fully saturated rings. The molecule has 0 saturated carbocycles. The van der Waals surface area contributed by atoms with E-state index in [1.54, 1.807) is 0 Å². The van der Waals surface area contributed by atoms with Crippen LogP contribution in [0.5, 0.6) is 0 Å². The summed E-state index contributed by atoms with van der Waals surface area (Å²) in [6.07, 6.45) is 1.25. The van der Waals surface area contributed by atoms with Gasteiger partial charge in [-0.1, -0.05) is 20.3 Å². The highest BCUT2D eigenvalue weighted by Gasteiger charge is 1.96. The Morgan fingerprint density at radius 2 is 1.82 bits per heavy atom. The van der Waals surface area contributed by atoms with Crippen molar-refractivity contribution < 1.29 is 4.79 Å². The zero-order valence-electron chi connectivity index (χ0n) is 7.98. The molecule has 0 heterocycles. The van der Waals surface area contributed by atoms with Crippen molar-refractivity contribution in [3.05, 3.63) is 0 Å². The van der Waals surface area contributed by atoms with Crippen molar-refractivity contribution in [3.63, 3.8) is 0 Å². The minimum Gasteiger partial charge on any atom is -0.353 e. The van der Waals surface area contributed by atoms with Gasteiger partial charge in [-0.2, -0.15) is 0 Å². The molecule has 3 heteroatoms. The molecule has 0 bridgehead atoms. The summed E-state index contributed by atoms with van der Waals surface area (Å²) in [5, 5.41) is 2.63. The van der Waals surface area contributed by atoms with Crippen LogP contribution in [0.2, 0.25) is 0 Å². The standard InChI is InChI=1S/C5H12N2O.C3H8/c1-4(2)7-5(8)3-6;1-3-2/h4H,3,6H2,1-2H3,(H,7,8);3H2,1-2H3. The molecule has 0 spiro atoms. The van der Waals surface area contributed by atoms with Gasteiger partial charge in [0, 0.05) is 6.04 Å². The molecule has 1 amide bonds. The van der Waals surface area contributed by atoms with E-state index in [1.165, 1.54) is 6.42 Å². The maximum absolute atomic E-state index is 10.4. The highest BCUT2D eigenvalue weighted by molar-refractivity contribution is 5.77. The normalized spacial score (nSPS) is 8.55. The van der Waals surface area contributed by atoms with Gasteiger partial charge in [-0.25, -0.2) is 0 Å². The summed E-state index contributed by atoms with van der Waals surface area (Å²) in [6.45, 7) is 8.12. The van der Waals surface area contributed by atoms with Gasteiger partial charge >= 0.3 is 0 Å². The number of amides is 1. The van der Waals surface area contributed by atoms with Gasteiger partial charge in [0.15, 0.2) is 0 Å². The van der Waals surface area contributed by atoms with Crippen molar-refractivity contribution in [2.75, 3.05) is 6.54 Å². The van der Waals surface area contributed by atoms with Crippen molar-refractivity contribution in [2.45, 2.75) is 40.2 Å². The van der Waals surface area contributed by atoms with Crippen LogP contribution in [0, 0.1) is 0 Å². The fourth-order valence-electron chi connectivity index (χ4n) is 0.381. The first-order valence-corrected chi connectivity index (χ1v) is 4.07. The first-order chi connectivity index (χ1) is 5.08. The van der Waals surface area contributed by atoms with Gasteiger partial charge in [0.25, 0.3) is 0 Å². The van der Waals surface area contributed by atoms with E-state index in [0.717, 1.165) is 0 Å². The quantitative estimate of drug-likeness (QED) is 0.630. The second kappa shape index (κ2) is 9.43. The summed E-state index contributed by atoms with van der Waals surface area (Å²) >= 11 is 0. The van der Waals surface area contributed by atoms with Crippen LogP contribution >= 0.6 is 0 Å². The Hall–Kier alpha value is -0.570. The summed E-state index contributed by atoms with van der Waals surface area (Å²) in [7, 11) is 0. The van der Waals surface area contributed by atoms with Gasteiger partial charge < -0.3 is 11.1 Å². The topological polar surface area (TPSA) is 55.1 Å². The smallest absolute Gasteiger partial charge is 0.233 e. The Labute approximate surface area is 69.4 Å². The first-order valence-electron chi connectivity index (χ1n) is 4.07. The number of nitrogens with one attached hydrogen (secondary N) is 1. The predicted molar refractivity (Wildman–Crippen MR) is 48.3 cm³/mol. The zero-order valence-corrected chi connectivity index (χ0v) is 7.98. The molecule has 11 heavy (non-hydrogen) atoms. The largest absolute Gasteiger partial charge is 0.353 e. The van der Waals surface area contributed by atoms with Gasteiger partial charge in [0.1, 0.15) is 0 Å². The molecule has 0 saturated heterocycles. The van der Waals surface area contributed by atoms with E-state index in [4.69, 9.17) is 5.73 Å². The Morgan fingerprint density at radius 1 is 1.45 bits per heavy atom. The predicted octanol–water partition coefficient (Wildman–Crippen LogP) is 0.886. The molecule has 0 aliphatic carbocycles. The number of rotatable bonds is 2. The van der Waals surface area contributed by atoms with E-state index in [0.29, 0.717) is 0 Å². The summed E-state index contributed by atoms with van der Waals surface area (Å²) in [4.78, 5) is 10.4. The summed E-state index contributed by atoms with van der Waals surface area (Å²) in [5.41, 5.74) is 5.01. The maximum atomic E-state index is 10.4. The monoisotopic (exact) mass is 160 g/mol. The van der Waals surface area contributed by atoms with Crippen LogP contribution in [0.3, 0.4) is 0 Å². The number of carbonyl (C=O) groups excluding carboxylic acids is 1. The number of hydrogen-bond acceptors (Lipinski definition) is 2. The van der Waals surface area contributed by atoms with Crippen LogP contribution in [0.15, 0.2) is 0 Å². The van der Waals surface area contributed by atoms with Gasteiger partial charge in [-0.15, -0.1) is 0 Å². The Balaban J connectivity index is 0. The van der Waals surface area contributed by atoms with E-state index in [1.807, 2.05) is 13.8 Å². The minimum absolute atomic E-state index is 0.0815. The van der Waals surface area contributed by atoms with E-state index < -0.39 is 0 Å². The van der Waals surface area contributed by atoms with Crippen molar-refractivity contribution in [1.29, 1.82) is 0 Å².